The van der Waals surface area contributed by atoms with Crippen molar-refractivity contribution in [2.75, 3.05) is 23.4 Å². The van der Waals surface area contributed by atoms with Gasteiger partial charge in [0.15, 0.2) is 9.84 Å². The smallest absolute Gasteiger partial charge is 0.151 e. The first-order valence-electron chi connectivity index (χ1n) is 4.76. The first-order valence-corrected chi connectivity index (χ1v) is 6.58. The number of hydrogen-bond acceptors (Lipinski definition) is 5. The van der Waals surface area contributed by atoms with Crippen LogP contribution in [0.25, 0.3) is 0 Å². The number of nitrogens with zero attached hydrogens (tertiary/aromatic N) is 2. The van der Waals surface area contributed by atoms with Crippen LogP contribution in [-0.4, -0.2) is 36.4 Å². The normalized spacial score (nSPS) is 11.3. The van der Waals surface area contributed by atoms with Crippen molar-refractivity contribution in [3.63, 3.8) is 0 Å². The van der Waals surface area contributed by atoms with Crippen molar-refractivity contribution in [2.45, 2.75) is 13.8 Å². The molecule has 1 N–H and O–H groups in total. The van der Waals surface area contributed by atoms with Crippen LogP contribution in [0, 0.1) is 6.92 Å². The molecule has 1 heterocycles. The molecule has 0 unspecified atom stereocenters. The fraction of sp³-hybridized carbons (Fsp3) is 0.556. The second-order valence-corrected chi connectivity index (χ2v) is 5.68. The summed E-state index contributed by atoms with van der Waals surface area (Å²) >= 11 is 0. The van der Waals surface area contributed by atoms with E-state index in [0.29, 0.717) is 12.4 Å². The molecular weight excluding hydrogens is 214 g/mol. The minimum absolute atomic E-state index is 0.131. The largest absolute Gasteiger partial charge is 0.369 e. The lowest BCUT2D eigenvalue weighted by Crippen LogP contribution is -2.17. The van der Waals surface area contributed by atoms with Gasteiger partial charge in [-0.25, -0.2) is 18.4 Å². The average Bonchev–Trinajstić information content (AvgIpc) is 2.18. The highest BCUT2D eigenvalue weighted by Gasteiger charge is 2.06. The number of hydrogen-bond donors (Lipinski definition) is 1. The first kappa shape index (κ1) is 11.9. The minimum Gasteiger partial charge on any atom is -0.369 e. The molecule has 0 spiro atoms. The average molecular weight is 229 g/mol. The van der Waals surface area contributed by atoms with Crippen LogP contribution in [0.4, 0.5) is 5.82 Å². The molecule has 0 radical (unpaired) electrons. The Morgan fingerprint density at radius 2 is 2.13 bits per heavy atom. The summed E-state index contributed by atoms with van der Waals surface area (Å²) in [6, 6.07) is 1.78. The molecule has 0 saturated carbocycles. The molecule has 0 amide bonds. The van der Waals surface area contributed by atoms with Gasteiger partial charge in [0.25, 0.3) is 0 Å². The second-order valence-electron chi connectivity index (χ2n) is 3.21. The molecular formula is C9H15N3O2S. The van der Waals surface area contributed by atoms with Crippen molar-refractivity contribution in [2.24, 2.45) is 0 Å². The maximum atomic E-state index is 11.2. The minimum atomic E-state index is -2.91. The molecule has 0 aromatic carbocycles. The van der Waals surface area contributed by atoms with Crippen molar-refractivity contribution in [3.05, 3.63) is 18.1 Å². The lowest BCUT2D eigenvalue weighted by atomic mass is 10.4. The van der Waals surface area contributed by atoms with Gasteiger partial charge < -0.3 is 5.32 Å². The fourth-order valence-electron chi connectivity index (χ4n) is 1.03. The summed E-state index contributed by atoms with van der Waals surface area (Å²) in [5, 5.41) is 2.95. The molecule has 0 saturated heterocycles. The van der Waals surface area contributed by atoms with Gasteiger partial charge in [0, 0.05) is 24.1 Å². The van der Waals surface area contributed by atoms with E-state index in [-0.39, 0.29) is 11.5 Å². The molecule has 5 nitrogen and oxygen atoms in total. The van der Waals surface area contributed by atoms with E-state index in [4.69, 9.17) is 0 Å². The summed E-state index contributed by atoms with van der Waals surface area (Å²) in [7, 11) is -2.91. The number of aromatic nitrogens is 2. The molecule has 0 atom stereocenters. The predicted octanol–water partition coefficient (Wildman–Crippen LogP) is 0.632. The van der Waals surface area contributed by atoms with E-state index in [2.05, 4.69) is 15.3 Å². The number of sulfone groups is 1. The van der Waals surface area contributed by atoms with Crippen molar-refractivity contribution >= 4 is 15.7 Å². The van der Waals surface area contributed by atoms with Crippen LogP contribution in [0.15, 0.2) is 12.4 Å². The lowest BCUT2D eigenvalue weighted by Gasteiger charge is -2.05. The molecule has 84 valence electrons. The molecule has 0 fully saturated rings. The molecule has 1 aromatic heterocycles. The van der Waals surface area contributed by atoms with Gasteiger partial charge in [-0.1, -0.05) is 6.92 Å². The van der Waals surface area contributed by atoms with Gasteiger partial charge in [-0.3, -0.25) is 0 Å². The van der Waals surface area contributed by atoms with Gasteiger partial charge in [-0.15, -0.1) is 0 Å². The van der Waals surface area contributed by atoms with E-state index < -0.39 is 9.84 Å². The standard InChI is InChI=1S/C9H15N3O2S/c1-3-15(13,14)5-4-10-9-6-8(2)11-7-12-9/h6-7H,3-5H2,1-2H3,(H,10,11,12). The van der Waals surface area contributed by atoms with Gasteiger partial charge in [0.05, 0.1) is 5.75 Å². The van der Waals surface area contributed by atoms with Crippen LogP contribution in [0.3, 0.4) is 0 Å². The topological polar surface area (TPSA) is 72.0 Å². The SMILES string of the molecule is CCS(=O)(=O)CCNc1cc(C)ncn1. The number of nitrogens with one attached hydrogen (secondary N) is 1. The fourth-order valence-corrected chi connectivity index (χ4v) is 1.73. The molecule has 0 bridgehead atoms. The summed E-state index contributed by atoms with van der Waals surface area (Å²) in [6.07, 6.45) is 1.45. The summed E-state index contributed by atoms with van der Waals surface area (Å²) in [6.45, 7) is 3.88. The third-order valence-electron chi connectivity index (χ3n) is 1.96. The van der Waals surface area contributed by atoms with E-state index in [9.17, 15) is 8.42 Å². The highest BCUT2D eigenvalue weighted by Crippen LogP contribution is 2.02. The highest BCUT2D eigenvalue weighted by atomic mass is 32.2. The van der Waals surface area contributed by atoms with E-state index in [1.54, 1.807) is 13.0 Å². The van der Waals surface area contributed by atoms with Crippen molar-refractivity contribution < 1.29 is 8.42 Å². The summed E-state index contributed by atoms with van der Waals surface area (Å²) in [5.41, 5.74) is 0.853. The number of aryl methyl sites for hydroxylation is 1. The Labute approximate surface area is 89.9 Å². The third kappa shape index (κ3) is 4.24. The molecule has 0 aliphatic heterocycles. The van der Waals surface area contributed by atoms with Crippen LogP contribution >= 0.6 is 0 Å². The Bertz CT molecular complexity index is 417. The van der Waals surface area contributed by atoms with E-state index in [0.717, 1.165) is 5.69 Å². The van der Waals surface area contributed by atoms with E-state index in [1.807, 2.05) is 6.92 Å². The molecule has 6 heteroatoms. The Kier molecular flexibility index (Phi) is 4.02. The Morgan fingerprint density at radius 1 is 1.40 bits per heavy atom. The molecule has 1 aromatic rings. The highest BCUT2D eigenvalue weighted by molar-refractivity contribution is 7.91. The van der Waals surface area contributed by atoms with Gasteiger partial charge in [-0.05, 0) is 6.92 Å². The molecule has 0 aliphatic rings. The Morgan fingerprint density at radius 3 is 2.73 bits per heavy atom. The first-order chi connectivity index (χ1) is 7.03. The monoisotopic (exact) mass is 229 g/mol. The van der Waals surface area contributed by atoms with Crippen LogP contribution in [-0.2, 0) is 9.84 Å². The number of rotatable bonds is 5. The zero-order valence-corrected chi connectivity index (χ0v) is 9.71. The summed E-state index contributed by atoms with van der Waals surface area (Å²) < 4.78 is 22.4. The number of anilines is 1. The zero-order valence-electron chi connectivity index (χ0n) is 8.90. The van der Waals surface area contributed by atoms with Crippen LogP contribution < -0.4 is 5.32 Å². The maximum absolute atomic E-state index is 11.2. The molecule has 15 heavy (non-hydrogen) atoms. The second kappa shape index (κ2) is 5.06. The quantitative estimate of drug-likeness (QED) is 0.802. The Hall–Kier alpha value is -1.17. The van der Waals surface area contributed by atoms with Crippen molar-refractivity contribution in [3.8, 4) is 0 Å². The Balaban J connectivity index is 2.45. The zero-order chi connectivity index (χ0) is 11.3. The maximum Gasteiger partial charge on any atom is 0.151 e. The molecule has 1 rings (SSSR count). The van der Waals surface area contributed by atoms with Gasteiger partial charge in [-0.2, -0.15) is 0 Å². The van der Waals surface area contributed by atoms with Gasteiger partial charge in [0.1, 0.15) is 12.1 Å². The van der Waals surface area contributed by atoms with Crippen LogP contribution in [0.2, 0.25) is 0 Å². The molecule has 0 aliphatic carbocycles. The summed E-state index contributed by atoms with van der Waals surface area (Å²) in [5.74, 6) is 0.970. The van der Waals surface area contributed by atoms with Gasteiger partial charge >= 0.3 is 0 Å². The van der Waals surface area contributed by atoms with E-state index >= 15 is 0 Å². The van der Waals surface area contributed by atoms with Crippen LogP contribution in [0.5, 0.6) is 0 Å². The summed E-state index contributed by atoms with van der Waals surface area (Å²) in [4.78, 5) is 7.91. The third-order valence-corrected chi connectivity index (χ3v) is 3.67. The predicted molar refractivity (Wildman–Crippen MR) is 59.6 cm³/mol. The van der Waals surface area contributed by atoms with Crippen molar-refractivity contribution in [1.29, 1.82) is 0 Å². The van der Waals surface area contributed by atoms with E-state index in [1.165, 1.54) is 6.33 Å². The lowest BCUT2D eigenvalue weighted by molar-refractivity contribution is 0.597. The van der Waals surface area contributed by atoms with Gasteiger partial charge in [0.2, 0.25) is 0 Å². The van der Waals surface area contributed by atoms with Crippen LogP contribution in [0.1, 0.15) is 12.6 Å². The van der Waals surface area contributed by atoms with Crippen molar-refractivity contribution in [1.82, 2.24) is 9.97 Å².